The molecule has 0 saturated heterocycles. The fourth-order valence-electron chi connectivity index (χ4n) is 2.53. The Kier molecular flexibility index (Phi) is 11.7. The molecule has 0 aliphatic carbocycles. The summed E-state index contributed by atoms with van der Waals surface area (Å²) in [5.41, 5.74) is 1.08. The van der Waals surface area contributed by atoms with Crippen LogP contribution in [0.3, 0.4) is 0 Å². The van der Waals surface area contributed by atoms with Crippen LogP contribution in [-0.2, 0) is 16.3 Å². The van der Waals surface area contributed by atoms with Crippen LogP contribution in [0.4, 0.5) is 0 Å². The van der Waals surface area contributed by atoms with Crippen LogP contribution in [0.2, 0.25) is 0 Å². The van der Waals surface area contributed by atoms with Crippen molar-refractivity contribution < 1.29 is 13.2 Å². The molecule has 0 amide bonds. The smallest absolute Gasteiger partial charge is 0.191 e. The van der Waals surface area contributed by atoms with Crippen molar-refractivity contribution in [3.05, 3.63) is 60.2 Å². The molecule has 0 saturated carbocycles. The number of sulfone groups is 1. The van der Waals surface area contributed by atoms with E-state index in [4.69, 9.17) is 4.74 Å². The molecule has 0 unspecified atom stereocenters. The molecule has 0 atom stereocenters. The van der Waals surface area contributed by atoms with Crippen LogP contribution in [0.15, 0.2) is 64.5 Å². The molecule has 6 nitrogen and oxygen atoms in total. The Labute approximate surface area is 191 Å². The summed E-state index contributed by atoms with van der Waals surface area (Å²) >= 11 is 0. The van der Waals surface area contributed by atoms with E-state index in [9.17, 15) is 8.42 Å². The molecule has 2 aromatic rings. The number of aliphatic imine (C=N–C) groups is 1. The first-order valence-electron chi connectivity index (χ1n) is 9.48. The fraction of sp³-hybridized carbons (Fsp3) is 0.381. The van der Waals surface area contributed by atoms with Crippen molar-refractivity contribution in [2.24, 2.45) is 4.99 Å². The molecule has 0 aliphatic rings. The van der Waals surface area contributed by atoms with Gasteiger partial charge in [0.2, 0.25) is 0 Å². The van der Waals surface area contributed by atoms with E-state index >= 15 is 0 Å². The molecule has 2 N–H and O–H groups in total. The second-order valence-corrected chi connectivity index (χ2v) is 8.38. The van der Waals surface area contributed by atoms with Crippen molar-refractivity contribution in [3.63, 3.8) is 0 Å². The normalized spacial score (nSPS) is 11.4. The summed E-state index contributed by atoms with van der Waals surface area (Å²) in [6.45, 7) is 4.82. The minimum Gasteiger partial charge on any atom is -0.494 e. The summed E-state index contributed by atoms with van der Waals surface area (Å²) in [6.07, 6.45) is 2.83. The first kappa shape index (κ1) is 25.2. The monoisotopic (exact) mass is 531 g/mol. The number of ether oxygens (including phenoxy) is 1. The number of guanidine groups is 1. The topological polar surface area (TPSA) is 79.8 Å². The van der Waals surface area contributed by atoms with Gasteiger partial charge in [-0.1, -0.05) is 30.3 Å². The maximum absolute atomic E-state index is 11.5. The lowest BCUT2D eigenvalue weighted by molar-refractivity contribution is 0.313. The lowest BCUT2D eigenvalue weighted by atomic mass is 10.1. The Morgan fingerprint density at radius 1 is 1.03 bits per heavy atom. The number of para-hydroxylation sites is 1. The molecule has 0 fully saturated rings. The van der Waals surface area contributed by atoms with E-state index in [1.165, 1.54) is 6.26 Å². The average molecular weight is 531 g/mol. The molecular formula is C21H30IN3O3S. The van der Waals surface area contributed by atoms with Crippen LogP contribution >= 0.6 is 24.0 Å². The Morgan fingerprint density at radius 2 is 1.72 bits per heavy atom. The van der Waals surface area contributed by atoms with Crippen molar-refractivity contribution in [1.29, 1.82) is 0 Å². The maximum Gasteiger partial charge on any atom is 0.191 e. The molecule has 2 aromatic carbocycles. The second-order valence-electron chi connectivity index (χ2n) is 6.37. The van der Waals surface area contributed by atoms with Gasteiger partial charge < -0.3 is 15.4 Å². The number of hydrogen-bond acceptors (Lipinski definition) is 4. The average Bonchev–Trinajstić information content (AvgIpc) is 2.68. The zero-order valence-electron chi connectivity index (χ0n) is 16.9. The lowest BCUT2D eigenvalue weighted by Gasteiger charge is -2.11. The summed E-state index contributed by atoms with van der Waals surface area (Å²) in [7, 11) is -3.15. The first-order valence-corrected chi connectivity index (χ1v) is 11.4. The van der Waals surface area contributed by atoms with Gasteiger partial charge in [-0.3, -0.25) is 4.99 Å². The van der Waals surface area contributed by atoms with Crippen LogP contribution in [0.25, 0.3) is 0 Å². The van der Waals surface area contributed by atoms with Gasteiger partial charge in [-0.15, -0.1) is 24.0 Å². The minimum absolute atomic E-state index is 0. The van der Waals surface area contributed by atoms with E-state index in [1.54, 1.807) is 12.1 Å². The Hall–Kier alpha value is -1.81. The highest BCUT2D eigenvalue weighted by Crippen LogP contribution is 2.10. The highest BCUT2D eigenvalue weighted by atomic mass is 127. The third-order valence-electron chi connectivity index (χ3n) is 3.99. The Morgan fingerprint density at radius 3 is 2.34 bits per heavy atom. The van der Waals surface area contributed by atoms with Crippen LogP contribution in [-0.4, -0.2) is 46.9 Å². The molecular weight excluding hydrogens is 501 g/mol. The molecule has 0 radical (unpaired) electrons. The Bertz CT molecular complexity index is 841. The zero-order chi connectivity index (χ0) is 20.2. The molecule has 29 heavy (non-hydrogen) atoms. The van der Waals surface area contributed by atoms with Crippen LogP contribution < -0.4 is 15.4 Å². The molecule has 8 heteroatoms. The van der Waals surface area contributed by atoms with Gasteiger partial charge in [0.1, 0.15) is 5.75 Å². The number of halogens is 1. The van der Waals surface area contributed by atoms with Gasteiger partial charge in [0.25, 0.3) is 0 Å². The lowest BCUT2D eigenvalue weighted by Crippen LogP contribution is -2.38. The van der Waals surface area contributed by atoms with E-state index < -0.39 is 9.84 Å². The van der Waals surface area contributed by atoms with Crippen molar-refractivity contribution >= 4 is 39.8 Å². The molecule has 0 bridgehead atoms. The van der Waals surface area contributed by atoms with Crippen LogP contribution in [0.5, 0.6) is 5.75 Å². The number of benzene rings is 2. The summed E-state index contributed by atoms with van der Waals surface area (Å²) < 4.78 is 28.7. The van der Waals surface area contributed by atoms with Gasteiger partial charge >= 0.3 is 0 Å². The Balaban J connectivity index is 0.00000420. The highest BCUT2D eigenvalue weighted by molar-refractivity contribution is 14.0. The third-order valence-corrected chi connectivity index (χ3v) is 5.11. The fourth-order valence-corrected chi connectivity index (χ4v) is 3.16. The molecule has 0 heterocycles. The third kappa shape index (κ3) is 9.98. The number of nitrogens with zero attached hydrogens (tertiary/aromatic N) is 1. The number of nitrogens with one attached hydrogen (secondary N) is 2. The summed E-state index contributed by atoms with van der Waals surface area (Å²) in [4.78, 5) is 4.90. The summed E-state index contributed by atoms with van der Waals surface area (Å²) in [5.74, 6) is 1.65. The van der Waals surface area contributed by atoms with Crippen LogP contribution in [0, 0.1) is 0 Å². The van der Waals surface area contributed by atoms with Crippen molar-refractivity contribution in [3.8, 4) is 5.75 Å². The SMILES string of the molecule is CCNC(=NCCCOc1ccccc1)NCCc1ccc(S(C)(=O)=O)cc1.I. The quantitative estimate of drug-likeness (QED) is 0.213. The zero-order valence-corrected chi connectivity index (χ0v) is 20.1. The van der Waals surface area contributed by atoms with Gasteiger partial charge in [0.05, 0.1) is 11.5 Å². The van der Waals surface area contributed by atoms with E-state index in [1.807, 2.05) is 49.4 Å². The van der Waals surface area contributed by atoms with Gasteiger partial charge in [0, 0.05) is 32.3 Å². The summed E-state index contributed by atoms with van der Waals surface area (Å²) in [6, 6.07) is 16.8. The van der Waals surface area contributed by atoms with Gasteiger partial charge in [-0.05, 0) is 43.2 Å². The van der Waals surface area contributed by atoms with Crippen molar-refractivity contribution in [1.82, 2.24) is 10.6 Å². The van der Waals surface area contributed by atoms with E-state index in [0.29, 0.717) is 24.6 Å². The van der Waals surface area contributed by atoms with Crippen LogP contribution in [0.1, 0.15) is 18.9 Å². The number of hydrogen-bond donors (Lipinski definition) is 2. The van der Waals surface area contributed by atoms with Crippen molar-refractivity contribution in [2.45, 2.75) is 24.7 Å². The molecule has 160 valence electrons. The van der Waals surface area contributed by atoms with E-state index in [0.717, 1.165) is 36.7 Å². The molecule has 0 aromatic heterocycles. The van der Waals surface area contributed by atoms with Gasteiger partial charge in [-0.2, -0.15) is 0 Å². The van der Waals surface area contributed by atoms with Gasteiger partial charge in [0.15, 0.2) is 15.8 Å². The number of rotatable bonds is 10. The predicted molar refractivity (Wildman–Crippen MR) is 129 cm³/mol. The second kappa shape index (κ2) is 13.4. The van der Waals surface area contributed by atoms with Crippen molar-refractivity contribution in [2.75, 3.05) is 32.5 Å². The minimum atomic E-state index is -3.15. The molecule has 0 spiro atoms. The molecule has 2 rings (SSSR count). The van der Waals surface area contributed by atoms with Gasteiger partial charge in [-0.25, -0.2) is 8.42 Å². The molecule has 0 aliphatic heterocycles. The van der Waals surface area contributed by atoms with E-state index in [2.05, 4.69) is 15.6 Å². The predicted octanol–water partition coefficient (Wildman–Crippen LogP) is 3.27. The largest absolute Gasteiger partial charge is 0.494 e. The standard InChI is InChI=1S/C21H29N3O3S.HI/c1-3-22-21(23-15-7-17-27-19-8-5-4-6-9-19)24-16-14-18-10-12-20(13-11-18)28(2,25)26;/h4-6,8-13H,3,7,14-17H2,1-2H3,(H2,22,23,24);1H. The summed E-state index contributed by atoms with van der Waals surface area (Å²) in [5, 5.41) is 6.53. The van der Waals surface area contributed by atoms with E-state index in [-0.39, 0.29) is 24.0 Å². The highest BCUT2D eigenvalue weighted by Gasteiger charge is 2.06. The maximum atomic E-state index is 11.5. The first-order chi connectivity index (χ1) is 13.5.